The van der Waals surface area contributed by atoms with Crippen LogP contribution in [0.2, 0.25) is 0 Å². The maximum absolute atomic E-state index is 11.9. The average molecular weight is 283 g/mol. The molecule has 3 nitrogen and oxygen atoms in total. The molecule has 0 N–H and O–H groups in total. The van der Waals surface area contributed by atoms with Gasteiger partial charge in [-0.15, -0.1) is 0 Å². The number of anilines is 1. The first-order chi connectivity index (χ1) is 10.2. The lowest BCUT2D eigenvalue weighted by atomic mass is 10.1. The third-order valence-electron chi connectivity index (χ3n) is 3.62. The first-order valence-corrected chi connectivity index (χ1v) is 7.14. The highest BCUT2D eigenvalue weighted by atomic mass is 16.5. The molecule has 0 spiro atoms. The van der Waals surface area contributed by atoms with E-state index in [9.17, 15) is 4.79 Å². The van der Waals surface area contributed by atoms with E-state index in [0.717, 1.165) is 12.1 Å². The van der Waals surface area contributed by atoms with E-state index in [4.69, 9.17) is 4.74 Å². The first kappa shape index (κ1) is 15.1. The maximum Gasteiger partial charge on any atom is 0.338 e. The number of carbonyl (C=O) groups excluding carboxylic acids is 1. The Labute approximate surface area is 126 Å². The van der Waals surface area contributed by atoms with Gasteiger partial charge in [0.1, 0.15) is 0 Å². The summed E-state index contributed by atoms with van der Waals surface area (Å²) >= 11 is 0. The van der Waals surface area contributed by atoms with Crippen LogP contribution >= 0.6 is 0 Å². The number of nitrogens with zero attached hydrogens (tertiary/aromatic N) is 1. The van der Waals surface area contributed by atoms with Crippen LogP contribution in [-0.4, -0.2) is 19.6 Å². The molecule has 3 heteroatoms. The predicted octanol–water partition coefficient (Wildman–Crippen LogP) is 3.81. The fourth-order valence-corrected chi connectivity index (χ4v) is 2.46. The Morgan fingerprint density at radius 3 is 2.43 bits per heavy atom. The second-order valence-corrected chi connectivity index (χ2v) is 4.95. The third kappa shape index (κ3) is 3.43. The molecule has 0 saturated heterocycles. The van der Waals surface area contributed by atoms with Gasteiger partial charge in [-0.25, -0.2) is 4.79 Å². The van der Waals surface area contributed by atoms with Gasteiger partial charge in [0.05, 0.1) is 12.7 Å². The lowest BCUT2D eigenvalue weighted by molar-refractivity contribution is 0.0599. The van der Waals surface area contributed by atoms with Crippen LogP contribution in [0.25, 0.3) is 0 Å². The summed E-state index contributed by atoms with van der Waals surface area (Å²) in [5, 5.41) is 0. The Kier molecular flexibility index (Phi) is 4.99. The number of esters is 1. The van der Waals surface area contributed by atoms with Gasteiger partial charge < -0.3 is 9.64 Å². The van der Waals surface area contributed by atoms with E-state index in [-0.39, 0.29) is 5.97 Å². The Bertz CT molecular complexity index is 622. The number of aryl methyl sites for hydroxylation is 1. The molecule has 0 amide bonds. The number of carbonyl (C=O) groups is 1. The number of benzene rings is 2. The third-order valence-corrected chi connectivity index (χ3v) is 3.62. The number of hydrogen-bond donors (Lipinski definition) is 0. The summed E-state index contributed by atoms with van der Waals surface area (Å²) in [5.74, 6) is -0.286. The van der Waals surface area contributed by atoms with E-state index in [1.54, 1.807) is 0 Å². The van der Waals surface area contributed by atoms with Crippen LogP contribution in [0.1, 0.15) is 28.4 Å². The van der Waals surface area contributed by atoms with Gasteiger partial charge in [0.15, 0.2) is 0 Å². The molecule has 0 aromatic heterocycles. The highest BCUT2D eigenvalue weighted by molar-refractivity contribution is 5.91. The van der Waals surface area contributed by atoms with E-state index in [2.05, 4.69) is 30.9 Å². The van der Waals surface area contributed by atoms with E-state index in [1.165, 1.54) is 18.4 Å². The van der Waals surface area contributed by atoms with Gasteiger partial charge in [0.25, 0.3) is 0 Å². The zero-order valence-electron chi connectivity index (χ0n) is 12.8. The summed E-state index contributed by atoms with van der Waals surface area (Å²) in [7, 11) is 1.41. The van der Waals surface area contributed by atoms with Crippen LogP contribution < -0.4 is 4.90 Å². The number of hydrogen-bond acceptors (Lipinski definition) is 3. The average Bonchev–Trinajstić information content (AvgIpc) is 2.53. The molecule has 0 radical (unpaired) electrons. The van der Waals surface area contributed by atoms with Gasteiger partial charge in [-0.3, -0.25) is 0 Å². The second kappa shape index (κ2) is 6.93. The van der Waals surface area contributed by atoms with E-state index in [1.807, 2.05) is 36.4 Å². The maximum atomic E-state index is 11.9. The van der Waals surface area contributed by atoms with Gasteiger partial charge in [-0.05, 0) is 37.1 Å². The van der Waals surface area contributed by atoms with Crippen molar-refractivity contribution in [3.63, 3.8) is 0 Å². The van der Waals surface area contributed by atoms with Gasteiger partial charge in [0, 0.05) is 18.8 Å². The molecule has 0 fully saturated rings. The minimum absolute atomic E-state index is 0.286. The topological polar surface area (TPSA) is 29.5 Å². The SMILES string of the molecule is CCN(Cc1ccccc1C(=O)OC)c1ccccc1C. The van der Waals surface area contributed by atoms with E-state index >= 15 is 0 Å². The molecule has 0 aliphatic heterocycles. The highest BCUT2D eigenvalue weighted by Crippen LogP contribution is 2.22. The Morgan fingerprint density at radius 2 is 1.76 bits per heavy atom. The van der Waals surface area contributed by atoms with E-state index < -0.39 is 0 Å². The van der Waals surface area contributed by atoms with Crippen molar-refractivity contribution in [1.82, 2.24) is 0 Å². The summed E-state index contributed by atoms with van der Waals surface area (Å²) in [5.41, 5.74) is 4.04. The van der Waals surface area contributed by atoms with Crippen molar-refractivity contribution in [2.75, 3.05) is 18.6 Å². The van der Waals surface area contributed by atoms with Crippen molar-refractivity contribution < 1.29 is 9.53 Å². The highest BCUT2D eigenvalue weighted by Gasteiger charge is 2.14. The van der Waals surface area contributed by atoms with Crippen LogP contribution in [0.3, 0.4) is 0 Å². The quantitative estimate of drug-likeness (QED) is 0.782. The lowest BCUT2D eigenvalue weighted by Crippen LogP contribution is -2.24. The van der Waals surface area contributed by atoms with Crippen molar-refractivity contribution in [1.29, 1.82) is 0 Å². The molecule has 2 aromatic rings. The zero-order valence-corrected chi connectivity index (χ0v) is 12.8. The summed E-state index contributed by atoms with van der Waals surface area (Å²) in [6, 6.07) is 15.9. The second-order valence-electron chi connectivity index (χ2n) is 4.95. The van der Waals surface area contributed by atoms with Crippen LogP contribution in [0, 0.1) is 6.92 Å². The van der Waals surface area contributed by atoms with Crippen molar-refractivity contribution in [3.05, 3.63) is 65.2 Å². The lowest BCUT2D eigenvalue weighted by Gasteiger charge is -2.25. The fraction of sp³-hybridized carbons (Fsp3) is 0.278. The molecule has 21 heavy (non-hydrogen) atoms. The zero-order chi connectivity index (χ0) is 15.2. The molecular formula is C18H21NO2. The molecule has 0 unspecified atom stereocenters. The van der Waals surface area contributed by atoms with E-state index in [0.29, 0.717) is 12.1 Å². The molecule has 2 aromatic carbocycles. The van der Waals surface area contributed by atoms with Gasteiger partial charge in [-0.2, -0.15) is 0 Å². The first-order valence-electron chi connectivity index (χ1n) is 7.14. The van der Waals surface area contributed by atoms with Crippen LogP contribution in [0.5, 0.6) is 0 Å². The van der Waals surface area contributed by atoms with Crippen LogP contribution in [0.4, 0.5) is 5.69 Å². The number of para-hydroxylation sites is 1. The Balaban J connectivity index is 2.32. The molecule has 110 valence electrons. The van der Waals surface area contributed by atoms with Crippen molar-refractivity contribution in [2.45, 2.75) is 20.4 Å². The molecule has 0 aliphatic rings. The van der Waals surface area contributed by atoms with Crippen molar-refractivity contribution in [3.8, 4) is 0 Å². The minimum Gasteiger partial charge on any atom is -0.465 e. The van der Waals surface area contributed by atoms with Crippen LogP contribution in [0.15, 0.2) is 48.5 Å². The number of rotatable bonds is 5. The number of ether oxygens (including phenoxy) is 1. The van der Waals surface area contributed by atoms with Gasteiger partial charge in [0.2, 0.25) is 0 Å². The Morgan fingerprint density at radius 1 is 1.10 bits per heavy atom. The summed E-state index contributed by atoms with van der Waals surface area (Å²) in [4.78, 5) is 14.1. The molecule has 0 saturated carbocycles. The summed E-state index contributed by atoms with van der Waals surface area (Å²) < 4.78 is 4.86. The monoisotopic (exact) mass is 283 g/mol. The van der Waals surface area contributed by atoms with Gasteiger partial charge in [-0.1, -0.05) is 36.4 Å². The molecule has 2 rings (SSSR count). The normalized spacial score (nSPS) is 10.2. The van der Waals surface area contributed by atoms with Crippen LogP contribution in [-0.2, 0) is 11.3 Å². The minimum atomic E-state index is -0.286. The molecule has 0 atom stereocenters. The summed E-state index contributed by atoms with van der Waals surface area (Å²) in [6.07, 6.45) is 0. The van der Waals surface area contributed by atoms with Crippen molar-refractivity contribution in [2.24, 2.45) is 0 Å². The fourth-order valence-electron chi connectivity index (χ4n) is 2.46. The predicted molar refractivity (Wildman–Crippen MR) is 85.7 cm³/mol. The largest absolute Gasteiger partial charge is 0.465 e. The summed E-state index contributed by atoms with van der Waals surface area (Å²) in [6.45, 7) is 5.78. The van der Waals surface area contributed by atoms with Crippen molar-refractivity contribution >= 4 is 11.7 Å². The van der Waals surface area contributed by atoms with Gasteiger partial charge >= 0.3 is 5.97 Å². The molecule has 0 aliphatic carbocycles. The Hall–Kier alpha value is -2.29. The molecular weight excluding hydrogens is 262 g/mol. The standard InChI is InChI=1S/C18H21NO2/c1-4-19(17-12-8-5-9-14(17)2)13-15-10-6-7-11-16(15)18(20)21-3/h5-12H,4,13H2,1-3H3. The molecule has 0 bridgehead atoms. The number of methoxy groups -OCH3 is 1. The molecule has 0 heterocycles. The smallest absolute Gasteiger partial charge is 0.338 e.